The SMILES string of the molecule is C[C@@H](NC(=O)[C@@H](N)Cc1ccc(O)cc1)C(=O)NCC(=O)N(C)[C@H]([C]=O)Cc1ccccc1. The van der Waals surface area contributed by atoms with Gasteiger partial charge in [-0.25, -0.2) is 0 Å². The molecule has 0 aromatic heterocycles. The van der Waals surface area contributed by atoms with Gasteiger partial charge in [-0.1, -0.05) is 42.5 Å². The quantitative estimate of drug-likeness (QED) is 0.379. The fourth-order valence-corrected chi connectivity index (χ4v) is 3.07. The van der Waals surface area contributed by atoms with Gasteiger partial charge in [0.05, 0.1) is 12.6 Å². The Hall–Kier alpha value is -3.72. The normalized spacial score (nSPS) is 13.3. The first kappa shape index (κ1) is 25.5. The molecular weight excluding hydrogens is 424 g/mol. The highest BCUT2D eigenvalue weighted by Crippen LogP contribution is 2.11. The molecule has 0 spiro atoms. The van der Waals surface area contributed by atoms with Crippen LogP contribution in [0.25, 0.3) is 0 Å². The van der Waals surface area contributed by atoms with Crippen LogP contribution in [-0.2, 0) is 32.0 Å². The van der Waals surface area contributed by atoms with Crippen LogP contribution in [0.1, 0.15) is 18.1 Å². The van der Waals surface area contributed by atoms with Crippen molar-refractivity contribution in [3.8, 4) is 5.75 Å². The first-order chi connectivity index (χ1) is 15.7. The van der Waals surface area contributed by atoms with Crippen LogP contribution in [0.5, 0.6) is 5.75 Å². The predicted octanol–water partition coefficient (Wildman–Crippen LogP) is 0.0623. The molecule has 2 rings (SSSR count). The Labute approximate surface area is 193 Å². The lowest BCUT2D eigenvalue weighted by atomic mass is 10.1. The summed E-state index contributed by atoms with van der Waals surface area (Å²) in [5.41, 5.74) is 7.55. The Morgan fingerprint density at radius 3 is 2.21 bits per heavy atom. The number of nitrogens with one attached hydrogen (secondary N) is 2. The van der Waals surface area contributed by atoms with E-state index >= 15 is 0 Å². The van der Waals surface area contributed by atoms with Crippen molar-refractivity contribution in [1.29, 1.82) is 0 Å². The number of amides is 3. The molecule has 0 aliphatic rings. The van der Waals surface area contributed by atoms with Gasteiger partial charge in [0.2, 0.25) is 24.0 Å². The molecule has 0 saturated carbocycles. The van der Waals surface area contributed by atoms with Gasteiger partial charge < -0.3 is 26.4 Å². The zero-order valence-electron chi connectivity index (χ0n) is 18.7. The molecule has 0 fully saturated rings. The van der Waals surface area contributed by atoms with Crippen LogP contribution in [-0.4, -0.2) is 65.7 Å². The van der Waals surface area contributed by atoms with Gasteiger partial charge in [-0.2, -0.15) is 0 Å². The highest BCUT2D eigenvalue weighted by atomic mass is 16.3. The molecule has 33 heavy (non-hydrogen) atoms. The number of hydrogen-bond acceptors (Lipinski definition) is 6. The first-order valence-corrected chi connectivity index (χ1v) is 10.5. The number of rotatable bonds is 11. The molecule has 9 heteroatoms. The minimum atomic E-state index is -0.917. The summed E-state index contributed by atoms with van der Waals surface area (Å²) >= 11 is 0. The summed E-state index contributed by atoms with van der Waals surface area (Å²) in [6.07, 6.45) is 2.40. The monoisotopic (exact) mass is 453 g/mol. The Bertz CT molecular complexity index is 949. The van der Waals surface area contributed by atoms with Crippen molar-refractivity contribution >= 4 is 24.0 Å². The van der Waals surface area contributed by atoms with Crippen LogP contribution < -0.4 is 16.4 Å². The molecule has 0 saturated heterocycles. The third kappa shape index (κ3) is 8.04. The summed E-state index contributed by atoms with van der Waals surface area (Å²) in [6.45, 7) is 1.15. The molecule has 0 aliphatic carbocycles. The van der Waals surface area contributed by atoms with Gasteiger partial charge in [0.1, 0.15) is 17.8 Å². The van der Waals surface area contributed by atoms with Crippen molar-refractivity contribution in [1.82, 2.24) is 15.5 Å². The molecule has 3 amide bonds. The number of nitrogens with two attached hydrogens (primary N) is 1. The maximum absolute atomic E-state index is 12.4. The summed E-state index contributed by atoms with van der Waals surface area (Å²) in [5.74, 6) is -1.43. The summed E-state index contributed by atoms with van der Waals surface area (Å²) in [6, 6.07) is 12.9. The number of hydrogen-bond donors (Lipinski definition) is 4. The van der Waals surface area contributed by atoms with Gasteiger partial charge in [-0.3, -0.25) is 19.2 Å². The minimum Gasteiger partial charge on any atom is -0.508 e. The average Bonchev–Trinajstić information content (AvgIpc) is 2.82. The van der Waals surface area contributed by atoms with E-state index < -0.39 is 35.8 Å². The number of benzene rings is 2. The molecule has 9 nitrogen and oxygen atoms in total. The highest BCUT2D eigenvalue weighted by molar-refractivity contribution is 5.92. The number of carbonyl (C=O) groups is 3. The van der Waals surface area contributed by atoms with Crippen LogP contribution in [0.2, 0.25) is 0 Å². The van der Waals surface area contributed by atoms with Gasteiger partial charge >= 0.3 is 0 Å². The van der Waals surface area contributed by atoms with Gasteiger partial charge in [0, 0.05) is 13.5 Å². The Balaban J connectivity index is 1.80. The van der Waals surface area contributed by atoms with Crippen LogP contribution in [0, 0.1) is 0 Å². The van der Waals surface area contributed by atoms with Crippen molar-refractivity contribution in [2.24, 2.45) is 5.73 Å². The molecule has 3 atom stereocenters. The van der Waals surface area contributed by atoms with E-state index in [1.807, 2.05) is 36.6 Å². The van der Waals surface area contributed by atoms with E-state index in [1.165, 1.54) is 31.0 Å². The molecule has 0 aliphatic heterocycles. The second kappa shape index (κ2) is 12.4. The summed E-state index contributed by atoms with van der Waals surface area (Å²) in [5, 5.41) is 14.3. The second-order valence-corrected chi connectivity index (χ2v) is 7.75. The third-order valence-electron chi connectivity index (χ3n) is 5.16. The smallest absolute Gasteiger partial charge is 0.242 e. The lowest BCUT2D eigenvalue weighted by Crippen LogP contribution is -2.52. The van der Waals surface area contributed by atoms with E-state index in [4.69, 9.17) is 5.73 Å². The molecule has 0 heterocycles. The highest BCUT2D eigenvalue weighted by Gasteiger charge is 2.23. The van der Waals surface area contributed by atoms with Crippen molar-refractivity contribution in [2.75, 3.05) is 13.6 Å². The van der Waals surface area contributed by atoms with Crippen LogP contribution in [0.3, 0.4) is 0 Å². The summed E-state index contributed by atoms with van der Waals surface area (Å²) < 4.78 is 0. The largest absolute Gasteiger partial charge is 0.508 e. The zero-order valence-corrected chi connectivity index (χ0v) is 18.7. The molecule has 2 aromatic rings. The topological polar surface area (TPSA) is 142 Å². The Morgan fingerprint density at radius 1 is 1.00 bits per heavy atom. The fraction of sp³-hybridized carbons (Fsp3) is 0.333. The number of nitrogens with zero attached hydrogens (tertiary/aromatic N) is 1. The van der Waals surface area contributed by atoms with Crippen molar-refractivity contribution < 1.29 is 24.3 Å². The van der Waals surface area contributed by atoms with Gasteiger partial charge in [0.25, 0.3) is 0 Å². The van der Waals surface area contributed by atoms with Crippen molar-refractivity contribution in [2.45, 2.75) is 37.9 Å². The van der Waals surface area contributed by atoms with E-state index in [-0.39, 0.29) is 18.7 Å². The van der Waals surface area contributed by atoms with Gasteiger partial charge in [0.15, 0.2) is 0 Å². The molecule has 1 radical (unpaired) electrons. The number of phenols is 1. The lowest BCUT2D eigenvalue weighted by molar-refractivity contribution is -0.133. The first-order valence-electron chi connectivity index (χ1n) is 10.5. The second-order valence-electron chi connectivity index (χ2n) is 7.75. The Morgan fingerprint density at radius 2 is 1.61 bits per heavy atom. The summed E-state index contributed by atoms with van der Waals surface area (Å²) in [7, 11) is 1.47. The van der Waals surface area contributed by atoms with Crippen molar-refractivity contribution in [3.05, 3.63) is 65.7 Å². The van der Waals surface area contributed by atoms with Gasteiger partial charge in [-0.15, -0.1) is 0 Å². The van der Waals surface area contributed by atoms with Crippen LogP contribution >= 0.6 is 0 Å². The number of aromatic hydroxyl groups is 1. The van der Waals surface area contributed by atoms with Crippen molar-refractivity contribution in [3.63, 3.8) is 0 Å². The number of phenolic OH excluding ortho intramolecular Hbond substituents is 1. The van der Waals surface area contributed by atoms with E-state index in [1.54, 1.807) is 12.1 Å². The average molecular weight is 454 g/mol. The van der Waals surface area contributed by atoms with Crippen LogP contribution in [0.15, 0.2) is 54.6 Å². The van der Waals surface area contributed by atoms with E-state index in [2.05, 4.69) is 10.6 Å². The molecule has 5 N–H and O–H groups in total. The van der Waals surface area contributed by atoms with E-state index in [9.17, 15) is 24.3 Å². The molecule has 0 bridgehead atoms. The predicted molar refractivity (Wildman–Crippen MR) is 123 cm³/mol. The van der Waals surface area contributed by atoms with Gasteiger partial charge in [-0.05, 0) is 36.6 Å². The standard InChI is InChI=1S/C24H29N4O5/c1-16(27-24(33)21(25)13-18-8-10-20(30)11-9-18)23(32)26-14-22(31)28(2)19(15-29)12-17-6-4-3-5-7-17/h3-11,16,19,21,30H,12-14,25H2,1-2H3,(H,26,32)(H,27,33)/t16-,19+,21+/m1/s1. The fourth-order valence-electron chi connectivity index (χ4n) is 3.07. The lowest BCUT2D eigenvalue weighted by Gasteiger charge is -2.24. The zero-order chi connectivity index (χ0) is 24.4. The Kier molecular flexibility index (Phi) is 9.56. The van der Waals surface area contributed by atoms with E-state index in [0.29, 0.717) is 6.42 Å². The van der Waals surface area contributed by atoms with Crippen LogP contribution in [0.4, 0.5) is 0 Å². The summed E-state index contributed by atoms with van der Waals surface area (Å²) in [4.78, 5) is 49.6. The molecular formula is C24H29N4O5. The van der Waals surface area contributed by atoms with E-state index in [0.717, 1.165) is 11.1 Å². The third-order valence-corrected chi connectivity index (χ3v) is 5.16. The molecule has 0 unspecified atom stereocenters. The number of likely N-dealkylation sites (N-methyl/N-ethyl adjacent to an activating group) is 1. The molecule has 175 valence electrons. The minimum absolute atomic E-state index is 0.111. The molecule has 2 aromatic carbocycles. The maximum atomic E-state index is 12.4. The maximum Gasteiger partial charge on any atom is 0.242 e. The number of carbonyl (C=O) groups excluding carboxylic acids is 4.